The molecule has 1 aliphatic rings. The Kier molecular flexibility index (Phi) is 3.38. The lowest BCUT2D eigenvalue weighted by Gasteiger charge is -2.13. The Labute approximate surface area is 138 Å². The van der Waals surface area contributed by atoms with Crippen LogP contribution < -0.4 is 0 Å². The highest BCUT2D eigenvalue weighted by Gasteiger charge is 2.30. The molecule has 7 heteroatoms. The molecule has 1 aliphatic carbocycles. The molecule has 2 heterocycles. The van der Waals surface area contributed by atoms with Crippen molar-refractivity contribution in [1.29, 1.82) is 5.26 Å². The number of nitrogens with zero attached hydrogens (tertiary/aromatic N) is 6. The van der Waals surface area contributed by atoms with Gasteiger partial charge in [-0.05, 0) is 38.8 Å². The summed E-state index contributed by atoms with van der Waals surface area (Å²) in [6.07, 6.45) is 2.26. The predicted octanol–water partition coefficient (Wildman–Crippen LogP) is 2.99. The van der Waals surface area contributed by atoms with Crippen molar-refractivity contribution < 1.29 is 4.52 Å². The van der Waals surface area contributed by atoms with Gasteiger partial charge in [-0.2, -0.15) is 10.2 Å². The average molecular weight is 320 g/mol. The van der Waals surface area contributed by atoms with Crippen LogP contribution in [-0.2, 0) is 0 Å². The zero-order chi connectivity index (χ0) is 16.7. The van der Waals surface area contributed by atoms with E-state index in [1.807, 2.05) is 30.5 Å². The van der Waals surface area contributed by atoms with Gasteiger partial charge in [0.1, 0.15) is 11.9 Å². The lowest BCUT2D eigenvalue weighted by atomic mass is 10.1. The SMILES string of the molecule is Cc1nnc(-c2cccc(C#N)c2)n1C(C)c1nc(C2CC2)no1. The van der Waals surface area contributed by atoms with Gasteiger partial charge in [0.2, 0.25) is 5.89 Å². The third-order valence-corrected chi connectivity index (χ3v) is 4.26. The quantitative estimate of drug-likeness (QED) is 0.733. The maximum absolute atomic E-state index is 9.11. The molecule has 0 saturated heterocycles. The van der Waals surface area contributed by atoms with Gasteiger partial charge in [0, 0.05) is 11.5 Å². The van der Waals surface area contributed by atoms with Gasteiger partial charge in [-0.15, -0.1) is 10.2 Å². The molecule has 1 saturated carbocycles. The highest BCUT2D eigenvalue weighted by molar-refractivity contribution is 5.58. The van der Waals surface area contributed by atoms with Crippen LogP contribution in [-0.4, -0.2) is 24.9 Å². The number of aromatic nitrogens is 5. The Morgan fingerprint density at radius 2 is 2.17 bits per heavy atom. The standard InChI is InChI=1S/C17H16N6O/c1-10(17-19-15(22-24-17)13-6-7-13)23-11(2)20-21-16(23)14-5-3-4-12(8-14)9-18/h3-5,8,10,13H,6-7H2,1-2H3. The number of hydrogen-bond acceptors (Lipinski definition) is 6. The summed E-state index contributed by atoms with van der Waals surface area (Å²) in [5.74, 6) is 3.23. The van der Waals surface area contributed by atoms with Gasteiger partial charge in [0.25, 0.3) is 0 Å². The maximum atomic E-state index is 9.11. The van der Waals surface area contributed by atoms with Crippen molar-refractivity contribution in [1.82, 2.24) is 24.9 Å². The van der Waals surface area contributed by atoms with Crippen LogP contribution in [0.25, 0.3) is 11.4 Å². The van der Waals surface area contributed by atoms with Crippen LogP contribution in [0.2, 0.25) is 0 Å². The minimum absolute atomic E-state index is 0.180. The summed E-state index contributed by atoms with van der Waals surface area (Å²) in [6.45, 7) is 3.87. The van der Waals surface area contributed by atoms with E-state index in [0.29, 0.717) is 23.2 Å². The molecule has 0 spiro atoms. The Hall–Kier alpha value is -3.01. The van der Waals surface area contributed by atoms with E-state index in [-0.39, 0.29) is 6.04 Å². The molecule has 3 aromatic rings. The van der Waals surface area contributed by atoms with E-state index in [0.717, 1.165) is 30.1 Å². The molecule has 7 nitrogen and oxygen atoms in total. The van der Waals surface area contributed by atoms with Gasteiger partial charge >= 0.3 is 0 Å². The van der Waals surface area contributed by atoms with Crippen molar-refractivity contribution in [3.8, 4) is 17.5 Å². The van der Waals surface area contributed by atoms with Gasteiger partial charge in [-0.1, -0.05) is 17.3 Å². The van der Waals surface area contributed by atoms with E-state index < -0.39 is 0 Å². The molecule has 1 fully saturated rings. The molecular weight excluding hydrogens is 304 g/mol. The number of aryl methyl sites for hydroxylation is 1. The molecule has 0 amide bonds. The maximum Gasteiger partial charge on any atom is 0.249 e. The molecule has 0 N–H and O–H groups in total. The van der Waals surface area contributed by atoms with Crippen molar-refractivity contribution in [2.45, 2.75) is 38.6 Å². The van der Waals surface area contributed by atoms with Gasteiger partial charge in [-0.3, -0.25) is 4.57 Å². The number of rotatable bonds is 4. The summed E-state index contributed by atoms with van der Waals surface area (Å²) in [6, 6.07) is 9.29. The number of benzene rings is 1. The minimum atomic E-state index is -0.180. The zero-order valence-corrected chi connectivity index (χ0v) is 13.5. The van der Waals surface area contributed by atoms with Gasteiger partial charge in [-0.25, -0.2) is 0 Å². The molecule has 1 atom stereocenters. The molecule has 0 bridgehead atoms. The molecule has 120 valence electrons. The van der Waals surface area contributed by atoms with Crippen molar-refractivity contribution in [3.63, 3.8) is 0 Å². The van der Waals surface area contributed by atoms with Crippen LogP contribution in [0.15, 0.2) is 28.8 Å². The molecule has 1 aromatic carbocycles. The van der Waals surface area contributed by atoms with Crippen molar-refractivity contribution in [2.24, 2.45) is 0 Å². The molecule has 4 rings (SSSR count). The van der Waals surface area contributed by atoms with Crippen LogP contribution in [0.3, 0.4) is 0 Å². The Bertz CT molecular complexity index is 931. The minimum Gasteiger partial charge on any atom is -0.337 e. The first-order chi connectivity index (χ1) is 11.7. The van der Waals surface area contributed by atoms with Crippen LogP contribution in [0.4, 0.5) is 0 Å². The highest BCUT2D eigenvalue weighted by atomic mass is 16.5. The van der Waals surface area contributed by atoms with Crippen LogP contribution >= 0.6 is 0 Å². The topological polar surface area (TPSA) is 93.4 Å². The second kappa shape index (κ2) is 5.57. The monoisotopic (exact) mass is 320 g/mol. The predicted molar refractivity (Wildman–Crippen MR) is 85.0 cm³/mol. The average Bonchev–Trinajstić information content (AvgIpc) is 3.21. The van der Waals surface area contributed by atoms with Crippen molar-refractivity contribution in [2.75, 3.05) is 0 Å². The number of hydrogen-bond donors (Lipinski definition) is 0. The normalized spacial score (nSPS) is 15.2. The summed E-state index contributed by atoms with van der Waals surface area (Å²) < 4.78 is 7.41. The summed E-state index contributed by atoms with van der Waals surface area (Å²) >= 11 is 0. The van der Waals surface area contributed by atoms with E-state index in [9.17, 15) is 0 Å². The molecule has 2 aromatic heterocycles. The smallest absolute Gasteiger partial charge is 0.249 e. The van der Waals surface area contributed by atoms with Crippen molar-refractivity contribution >= 4 is 0 Å². The van der Waals surface area contributed by atoms with E-state index in [2.05, 4.69) is 26.4 Å². The van der Waals surface area contributed by atoms with Gasteiger partial charge in [0.15, 0.2) is 11.6 Å². The van der Waals surface area contributed by atoms with Crippen LogP contribution in [0.5, 0.6) is 0 Å². The molecule has 0 aliphatic heterocycles. The lowest BCUT2D eigenvalue weighted by molar-refractivity contribution is 0.341. The Balaban J connectivity index is 1.74. The third kappa shape index (κ3) is 2.46. The zero-order valence-electron chi connectivity index (χ0n) is 13.5. The summed E-state index contributed by atoms with van der Waals surface area (Å²) in [4.78, 5) is 4.53. The van der Waals surface area contributed by atoms with E-state index in [1.54, 1.807) is 12.1 Å². The molecular formula is C17H16N6O. The van der Waals surface area contributed by atoms with E-state index in [4.69, 9.17) is 9.78 Å². The highest BCUT2D eigenvalue weighted by Crippen LogP contribution is 2.38. The Morgan fingerprint density at radius 1 is 1.33 bits per heavy atom. The fourth-order valence-electron chi connectivity index (χ4n) is 2.79. The van der Waals surface area contributed by atoms with Gasteiger partial charge < -0.3 is 4.52 Å². The first kappa shape index (κ1) is 14.6. The first-order valence-electron chi connectivity index (χ1n) is 7.93. The lowest BCUT2D eigenvalue weighted by Crippen LogP contribution is -2.11. The van der Waals surface area contributed by atoms with Crippen LogP contribution in [0.1, 0.15) is 54.8 Å². The summed E-state index contributed by atoms with van der Waals surface area (Å²) in [7, 11) is 0. The molecule has 24 heavy (non-hydrogen) atoms. The Morgan fingerprint density at radius 3 is 2.92 bits per heavy atom. The second-order valence-electron chi connectivity index (χ2n) is 6.07. The van der Waals surface area contributed by atoms with Crippen LogP contribution in [0, 0.1) is 18.3 Å². The number of nitriles is 1. The first-order valence-corrected chi connectivity index (χ1v) is 7.93. The molecule has 1 unspecified atom stereocenters. The summed E-state index contributed by atoms with van der Waals surface area (Å²) in [5.41, 5.74) is 1.42. The van der Waals surface area contributed by atoms with E-state index >= 15 is 0 Å². The summed E-state index contributed by atoms with van der Waals surface area (Å²) in [5, 5.41) is 21.7. The third-order valence-electron chi connectivity index (χ3n) is 4.26. The fourth-order valence-corrected chi connectivity index (χ4v) is 2.79. The van der Waals surface area contributed by atoms with E-state index in [1.165, 1.54) is 0 Å². The largest absolute Gasteiger partial charge is 0.337 e. The van der Waals surface area contributed by atoms with Gasteiger partial charge in [0.05, 0.1) is 11.6 Å². The fraction of sp³-hybridized carbons (Fsp3) is 0.353. The molecule has 0 radical (unpaired) electrons. The second-order valence-corrected chi connectivity index (χ2v) is 6.07. The van der Waals surface area contributed by atoms with Crippen molar-refractivity contribution in [3.05, 3.63) is 47.4 Å².